The van der Waals surface area contributed by atoms with Crippen molar-refractivity contribution in [3.05, 3.63) is 46.9 Å². The third kappa shape index (κ3) is 4.78. The van der Waals surface area contributed by atoms with Gasteiger partial charge in [-0.2, -0.15) is 0 Å². The van der Waals surface area contributed by atoms with E-state index in [1.807, 2.05) is 13.8 Å². The number of aryl methyl sites for hydroxylation is 3. The van der Waals surface area contributed by atoms with Crippen molar-refractivity contribution >= 4 is 17.4 Å². The molecule has 2 aromatic rings. The fraction of sp³-hybridized carbons (Fsp3) is 0.450. The minimum Gasteiger partial charge on any atom is -0.348 e. The number of aromatic nitrogens is 2. The topological polar surface area (TPSA) is 66.9 Å². The number of amides is 1. The predicted octanol–water partition coefficient (Wildman–Crippen LogP) is 4.18. The Hall–Kier alpha value is -2.43. The Bertz CT molecular complexity index is 720. The lowest BCUT2D eigenvalue weighted by Crippen LogP contribution is -2.32. The van der Waals surface area contributed by atoms with Gasteiger partial charge in [0.25, 0.3) is 5.91 Å². The normalized spacial score (nSPS) is 11.9. The molecule has 1 atom stereocenters. The zero-order chi connectivity index (χ0) is 18.4. The molecule has 2 N–H and O–H groups in total. The maximum atomic E-state index is 12.4. The standard InChI is InChI=1S/C20H28N4O/c1-6-13(4)21-20(25)17-12-18(23-14(5)22-17)24-19-15(7-2)10-9-11-16(19)8-3/h9-13H,6-8H2,1-5H3,(H,21,25)(H,22,23,24). The van der Waals surface area contributed by atoms with Gasteiger partial charge in [0.2, 0.25) is 0 Å². The number of rotatable bonds is 7. The number of nitrogens with zero attached hydrogens (tertiary/aromatic N) is 2. The molecule has 134 valence electrons. The molecule has 0 bridgehead atoms. The first-order valence-electron chi connectivity index (χ1n) is 9.02. The maximum Gasteiger partial charge on any atom is 0.270 e. The van der Waals surface area contributed by atoms with Gasteiger partial charge >= 0.3 is 0 Å². The number of hydrogen-bond donors (Lipinski definition) is 2. The second-order valence-corrected chi connectivity index (χ2v) is 6.25. The third-order valence-electron chi connectivity index (χ3n) is 4.31. The van der Waals surface area contributed by atoms with E-state index in [0.29, 0.717) is 17.3 Å². The summed E-state index contributed by atoms with van der Waals surface area (Å²) in [4.78, 5) is 21.1. The highest BCUT2D eigenvalue weighted by atomic mass is 16.1. The average Bonchev–Trinajstić information content (AvgIpc) is 2.61. The molecule has 0 saturated heterocycles. The number of benzene rings is 1. The highest BCUT2D eigenvalue weighted by Gasteiger charge is 2.14. The molecule has 0 aliphatic carbocycles. The van der Waals surface area contributed by atoms with Gasteiger partial charge in [-0.15, -0.1) is 0 Å². The predicted molar refractivity (Wildman–Crippen MR) is 102 cm³/mol. The Balaban J connectivity index is 2.34. The van der Waals surface area contributed by atoms with Crippen molar-refractivity contribution in [1.82, 2.24) is 15.3 Å². The molecular weight excluding hydrogens is 312 g/mol. The first kappa shape index (κ1) is 18.9. The van der Waals surface area contributed by atoms with Crippen molar-refractivity contribution in [3.63, 3.8) is 0 Å². The number of hydrogen-bond acceptors (Lipinski definition) is 4. The summed E-state index contributed by atoms with van der Waals surface area (Å²) in [7, 11) is 0. The van der Waals surface area contributed by atoms with Gasteiger partial charge in [0, 0.05) is 17.8 Å². The van der Waals surface area contributed by atoms with Gasteiger partial charge in [0.1, 0.15) is 17.3 Å². The molecule has 5 heteroatoms. The summed E-state index contributed by atoms with van der Waals surface area (Å²) in [5.41, 5.74) is 3.95. The van der Waals surface area contributed by atoms with Crippen molar-refractivity contribution < 1.29 is 4.79 Å². The highest BCUT2D eigenvalue weighted by Crippen LogP contribution is 2.26. The lowest BCUT2D eigenvalue weighted by Gasteiger charge is -2.16. The number of para-hydroxylation sites is 1. The summed E-state index contributed by atoms with van der Waals surface area (Å²) < 4.78 is 0. The molecule has 1 amide bonds. The summed E-state index contributed by atoms with van der Waals surface area (Å²) in [6.45, 7) is 10.1. The van der Waals surface area contributed by atoms with Crippen molar-refractivity contribution in [1.29, 1.82) is 0 Å². The van der Waals surface area contributed by atoms with Crippen LogP contribution in [0.3, 0.4) is 0 Å². The molecular formula is C20H28N4O. The fourth-order valence-electron chi connectivity index (χ4n) is 2.68. The second-order valence-electron chi connectivity index (χ2n) is 6.25. The summed E-state index contributed by atoms with van der Waals surface area (Å²) in [5.74, 6) is 1.06. The first-order chi connectivity index (χ1) is 12.0. The molecule has 1 aromatic carbocycles. The fourth-order valence-corrected chi connectivity index (χ4v) is 2.68. The van der Waals surface area contributed by atoms with Gasteiger partial charge < -0.3 is 10.6 Å². The highest BCUT2D eigenvalue weighted by molar-refractivity contribution is 5.93. The maximum absolute atomic E-state index is 12.4. The van der Waals surface area contributed by atoms with Gasteiger partial charge in [-0.25, -0.2) is 9.97 Å². The summed E-state index contributed by atoms with van der Waals surface area (Å²) in [6, 6.07) is 8.15. The van der Waals surface area contributed by atoms with E-state index in [2.05, 4.69) is 52.6 Å². The minimum absolute atomic E-state index is 0.117. The van der Waals surface area contributed by atoms with Gasteiger partial charge in [-0.05, 0) is 44.2 Å². The van der Waals surface area contributed by atoms with E-state index < -0.39 is 0 Å². The molecule has 0 aliphatic heterocycles. The minimum atomic E-state index is -0.164. The number of nitrogens with one attached hydrogen (secondary N) is 2. The largest absolute Gasteiger partial charge is 0.348 e. The van der Waals surface area contributed by atoms with Crippen LogP contribution in [0.25, 0.3) is 0 Å². The van der Waals surface area contributed by atoms with Crippen molar-refractivity contribution in [3.8, 4) is 0 Å². The Morgan fingerprint density at radius 2 is 1.76 bits per heavy atom. The van der Waals surface area contributed by atoms with Gasteiger partial charge in [-0.3, -0.25) is 4.79 Å². The van der Waals surface area contributed by atoms with Gasteiger partial charge in [0.15, 0.2) is 0 Å². The number of carbonyl (C=O) groups excluding carboxylic acids is 1. The molecule has 2 rings (SSSR count). The molecule has 0 saturated carbocycles. The second kappa shape index (κ2) is 8.60. The monoisotopic (exact) mass is 340 g/mol. The molecule has 25 heavy (non-hydrogen) atoms. The molecule has 0 spiro atoms. The van der Waals surface area contributed by atoms with E-state index >= 15 is 0 Å². The molecule has 0 fully saturated rings. The van der Waals surface area contributed by atoms with Crippen LogP contribution in [0, 0.1) is 6.92 Å². The molecule has 5 nitrogen and oxygen atoms in total. The van der Waals surface area contributed by atoms with E-state index in [4.69, 9.17) is 0 Å². The average molecular weight is 340 g/mol. The van der Waals surface area contributed by atoms with Crippen molar-refractivity contribution in [2.45, 2.75) is 59.9 Å². The summed E-state index contributed by atoms with van der Waals surface area (Å²) in [6.07, 6.45) is 2.74. The van der Waals surface area contributed by atoms with Crippen LogP contribution in [0.1, 0.15) is 61.6 Å². The summed E-state index contributed by atoms with van der Waals surface area (Å²) in [5, 5.41) is 6.37. The number of carbonyl (C=O) groups is 1. The molecule has 0 radical (unpaired) electrons. The lowest BCUT2D eigenvalue weighted by atomic mass is 10.0. The van der Waals surface area contributed by atoms with Crippen LogP contribution in [-0.4, -0.2) is 21.9 Å². The molecule has 1 heterocycles. The van der Waals surface area contributed by atoms with E-state index in [0.717, 1.165) is 24.9 Å². The van der Waals surface area contributed by atoms with Crippen LogP contribution in [0.2, 0.25) is 0 Å². The Kier molecular flexibility index (Phi) is 6.51. The Morgan fingerprint density at radius 1 is 1.12 bits per heavy atom. The van der Waals surface area contributed by atoms with Gasteiger partial charge in [0.05, 0.1) is 0 Å². The van der Waals surface area contributed by atoms with Crippen molar-refractivity contribution in [2.75, 3.05) is 5.32 Å². The van der Waals surface area contributed by atoms with Crippen LogP contribution in [-0.2, 0) is 12.8 Å². The third-order valence-corrected chi connectivity index (χ3v) is 4.31. The van der Waals surface area contributed by atoms with E-state index in [-0.39, 0.29) is 11.9 Å². The Labute approximate surface area is 150 Å². The van der Waals surface area contributed by atoms with E-state index in [1.165, 1.54) is 11.1 Å². The van der Waals surface area contributed by atoms with Gasteiger partial charge in [-0.1, -0.05) is 39.0 Å². The zero-order valence-corrected chi connectivity index (χ0v) is 15.8. The molecule has 1 unspecified atom stereocenters. The van der Waals surface area contributed by atoms with Crippen LogP contribution < -0.4 is 10.6 Å². The van der Waals surface area contributed by atoms with E-state index in [1.54, 1.807) is 13.0 Å². The smallest absolute Gasteiger partial charge is 0.270 e. The van der Waals surface area contributed by atoms with E-state index in [9.17, 15) is 4.79 Å². The van der Waals surface area contributed by atoms with Crippen LogP contribution in [0.4, 0.5) is 11.5 Å². The zero-order valence-electron chi connectivity index (χ0n) is 15.8. The molecule has 1 aromatic heterocycles. The van der Waals surface area contributed by atoms with Crippen LogP contribution in [0.5, 0.6) is 0 Å². The van der Waals surface area contributed by atoms with Crippen LogP contribution >= 0.6 is 0 Å². The lowest BCUT2D eigenvalue weighted by molar-refractivity contribution is 0.0934. The molecule has 0 aliphatic rings. The SMILES string of the molecule is CCc1cccc(CC)c1Nc1cc(C(=O)NC(C)CC)nc(C)n1. The number of anilines is 2. The summed E-state index contributed by atoms with van der Waals surface area (Å²) >= 11 is 0. The van der Waals surface area contributed by atoms with Crippen LogP contribution in [0.15, 0.2) is 24.3 Å². The quantitative estimate of drug-likeness (QED) is 0.793. The Morgan fingerprint density at radius 3 is 2.32 bits per heavy atom. The van der Waals surface area contributed by atoms with Crippen molar-refractivity contribution in [2.24, 2.45) is 0 Å². The first-order valence-corrected chi connectivity index (χ1v) is 9.02.